The van der Waals surface area contributed by atoms with Gasteiger partial charge in [0.05, 0.1) is 0 Å². The second-order valence-electron chi connectivity index (χ2n) is 9.80. The summed E-state index contributed by atoms with van der Waals surface area (Å²) in [5, 5.41) is 15.2. The Labute approximate surface area is 252 Å². The maximum absolute atomic E-state index is 13.0. The van der Waals surface area contributed by atoms with Crippen molar-refractivity contribution in [2.24, 2.45) is 0 Å². The van der Waals surface area contributed by atoms with E-state index < -0.39 is 6.04 Å². The van der Waals surface area contributed by atoms with Gasteiger partial charge in [-0.3, -0.25) is 9.59 Å². The molecule has 0 aliphatic rings. The van der Waals surface area contributed by atoms with Crippen LogP contribution in [0.15, 0.2) is 128 Å². The summed E-state index contributed by atoms with van der Waals surface area (Å²) in [5.74, 6) is -0.348. The Kier molecular flexibility index (Phi) is 18.0. The average Bonchev–Trinajstić information content (AvgIpc) is 2.99. The van der Waals surface area contributed by atoms with Crippen LogP contribution in [0.1, 0.15) is 63.9 Å². The van der Waals surface area contributed by atoms with Crippen molar-refractivity contribution in [1.82, 2.24) is 5.32 Å². The SMILES string of the molecule is CC/C=C\C/C=C\C/C=C\C/C=C\C/C=C\C/C=C\CCC(=O)NC(Cc1ccccc1)C(=O)Nc1ccc(O)cc1. The molecule has 0 bridgehead atoms. The van der Waals surface area contributed by atoms with Crippen molar-refractivity contribution in [3.05, 3.63) is 133 Å². The van der Waals surface area contributed by atoms with E-state index in [1.165, 1.54) is 12.1 Å². The van der Waals surface area contributed by atoms with E-state index in [9.17, 15) is 14.7 Å². The van der Waals surface area contributed by atoms with Crippen LogP contribution in [0.2, 0.25) is 0 Å². The fourth-order valence-corrected chi connectivity index (χ4v) is 3.95. The van der Waals surface area contributed by atoms with Crippen molar-refractivity contribution in [1.29, 1.82) is 0 Å². The number of nitrogens with one attached hydrogen (secondary N) is 2. The van der Waals surface area contributed by atoms with E-state index >= 15 is 0 Å². The van der Waals surface area contributed by atoms with Crippen LogP contribution in [0, 0.1) is 0 Å². The van der Waals surface area contributed by atoms with Gasteiger partial charge >= 0.3 is 0 Å². The maximum atomic E-state index is 13.0. The number of phenols is 1. The van der Waals surface area contributed by atoms with Crippen LogP contribution in [-0.4, -0.2) is 23.0 Å². The molecular formula is C37H46N2O3. The molecule has 2 rings (SSSR count). The number of rotatable bonds is 19. The minimum atomic E-state index is -0.709. The van der Waals surface area contributed by atoms with Crippen molar-refractivity contribution in [3.8, 4) is 5.75 Å². The van der Waals surface area contributed by atoms with Gasteiger partial charge in [-0.2, -0.15) is 0 Å². The van der Waals surface area contributed by atoms with Crippen molar-refractivity contribution in [3.63, 3.8) is 0 Å². The number of hydrogen-bond acceptors (Lipinski definition) is 3. The summed E-state index contributed by atoms with van der Waals surface area (Å²) in [6.07, 6.45) is 32.9. The molecule has 0 saturated heterocycles. The van der Waals surface area contributed by atoms with Crippen molar-refractivity contribution in [2.75, 3.05) is 5.32 Å². The van der Waals surface area contributed by atoms with Gasteiger partial charge in [0, 0.05) is 18.5 Å². The number of benzene rings is 2. The van der Waals surface area contributed by atoms with Crippen LogP contribution >= 0.6 is 0 Å². The number of amides is 2. The molecule has 0 heterocycles. The maximum Gasteiger partial charge on any atom is 0.247 e. The lowest BCUT2D eigenvalue weighted by Crippen LogP contribution is -2.45. The normalized spacial score (nSPS) is 12.9. The highest BCUT2D eigenvalue weighted by Gasteiger charge is 2.21. The third-order valence-electron chi connectivity index (χ3n) is 6.20. The zero-order chi connectivity index (χ0) is 30.1. The third-order valence-corrected chi connectivity index (χ3v) is 6.20. The minimum Gasteiger partial charge on any atom is -0.508 e. The largest absolute Gasteiger partial charge is 0.508 e. The first-order valence-electron chi connectivity index (χ1n) is 14.9. The summed E-state index contributed by atoms with van der Waals surface area (Å²) in [7, 11) is 0. The van der Waals surface area contributed by atoms with Gasteiger partial charge in [0.1, 0.15) is 11.8 Å². The summed E-state index contributed by atoms with van der Waals surface area (Å²) in [6.45, 7) is 2.15. The van der Waals surface area contributed by atoms with Crippen molar-refractivity contribution < 1.29 is 14.7 Å². The fourth-order valence-electron chi connectivity index (χ4n) is 3.95. The Morgan fingerprint density at radius 1 is 0.690 bits per heavy atom. The number of anilines is 1. The van der Waals surface area contributed by atoms with Crippen molar-refractivity contribution >= 4 is 17.5 Å². The number of hydrogen-bond donors (Lipinski definition) is 3. The van der Waals surface area contributed by atoms with E-state index in [1.807, 2.05) is 36.4 Å². The lowest BCUT2D eigenvalue weighted by atomic mass is 10.0. The molecule has 5 heteroatoms. The Morgan fingerprint density at radius 3 is 1.71 bits per heavy atom. The third kappa shape index (κ3) is 16.7. The van der Waals surface area contributed by atoms with Crippen LogP contribution < -0.4 is 10.6 Å². The van der Waals surface area contributed by atoms with Gasteiger partial charge in [-0.1, -0.05) is 110 Å². The first kappa shape index (κ1) is 33.8. The second-order valence-corrected chi connectivity index (χ2v) is 9.80. The predicted octanol–water partition coefficient (Wildman–Crippen LogP) is 8.54. The topological polar surface area (TPSA) is 78.4 Å². The van der Waals surface area contributed by atoms with Crippen molar-refractivity contribution in [2.45, 2.75) is 70.8 Å². The van der Waals surface area contributed by atoms with E-state index in [-0.39, 0.29) is 17.6 Å². The number of phenolic OH excluding ortho intramolecular Hbond substituents is 1. The van der Waals surface area contributed by atoms with E-state index in [1.54, 1.807) is 12.1 Å². The minimum absolute atomic E-state index is 0.122. The highest BCUT2D eigenvalue weighted by Crippen LogP contribution is 2.15. The van der Waals surface area contributed by atoms with Gasteiger partial charge in [0.25, 0.3) is 0 Å². The Morgan fingerprint density at radius 2 is 1.19 bits per heavy atom. The second kappa shape index (κ2) is 22.3. The van der Waals surface area contributed by atoms with Gasteiger partial charge < -0.3 is 15.7 Å². The highest BCUT2D eigenvalue weighted by molar-refractivity contribution is 5.97. The van der Waals surface area contributed by atoms with E-state index in [4.69, 9.17) is 0 Å². The molecule has 2 aromatic carbocycles. The molecule has 1 unspecified atom stereocenters. The zero-order valence-corrected chi connectivity index (χ0v) is 24.8. The molecule has 5 nitrogen and oxygen atoms in total. The molecule has 42 heavy (non-hydrogen) atoms. The Hall–Kier alpha value is -4.38. The molecule has 0 radical (unpaired) electrons. The standard InChI is InChI=1S/C37H46N2O3/c1-2-3-4-5-6-7-8-9-10-11-12-13-14-15-16-17-18-19-23-26-36(41)39-35(31-32-24-21-20-22-25-32)37(42)38-33-27-29-34(40)30-28-33/h3-4,6-7,9-10,12-13,15-16,18-22,24-25,27-30,35,40H,2,5,8,11,14,17,23,26,31H2,1H3,(H,38,42)(H,39,41)/b4-3-,7-6-,10-9-,13-12-,16-15-,19-18-. The van der Waals surface area contributed by atoms with E-state index in [0.29, 0.717) is 24.9 Å². The lowest BCUT2D eigenvalue weighted by Gasteiger charge is -2.19. The first-order valence-corrected chi connectivity index (χ1v) is 14.9. The Bertz CT molecular complexity index is 1210. The fraction of sp³-hybridized carbons (Fsp3) is 0.297. The average molecular weight is 567 g/mol. The predicted molar refractivity (Wildman–Crippen MR) is 176 cm³/mol. The van der Waals surface area contributed by atoms with Crippen LogP contribution in [0.25, 0.3) is 0 Å². The van der Waals surface area contributed by atoms with Gasteiger partial charge in [0.15, 0.2) is 0 Å². The molecule has 3 N–H and O–H groups in total. The molecule has 222 valence electrons. The summed E-state index contributed by atoms with van der Waals surface area (Å²) in [4.78, 5) is 25.6. The number of aromatic hydroxyl groups is 1. The van der Waals surface area contributed by atoms with Gasteiger partial charge in [-0.05, 0) is 74.8 Å². The number of carbonyl (C=O) groups is 2. The highest BCUT2D eigenvalue weighted by atomic mass is 16.3. The van der Waals surface area contributed by atoms with Crippen LogP contribution in [-0.2, 0) is 16.0 Å². The van der Waals surface area contributed by atoms with E-state index in [0.717, 1.165) is 44.1 Å². The molecular weight excluding hydrogens is 520 g/mol. The summed E-state index contributed by atoms with van der Waals surface area (Å²) in [5.41, 5.74) is 1.52. The molecule has 0 spiro atoms. The molecule has 0 saturated carbocycles. The Balaban J connectivity index is 1.65. The molecule has 0 fully saturated rings. The smallest absolute Gasteiger partial charge is 0.247 e. The summed E-state index contributed by atoms with van der Waals surface area (Å²) < 4.78 is 0. The monoisotopic (exact) mass is 566 g/mol. The molecule has 1 atom stereocenters. The van der Waals surface area contributed by atoms with Crippen LogP contribution in [0.4, 0.5) is 5.69 Å². The van der Waals surface area contributed by atoms with E-state index in [2.05, 4.69) is 84.4 Å². The zero-order valence-electron chi connectivity index (χ0n) is 24.8. The summed E-state index contributed by atoms with van der Waals surface area (Å²) in [6, 6.07) is 15.2. The van der Waals surface area contributed by atoms with Gasteiger partial charge in [0.2, 0.25) is 11.8 Å². The lowest BCUT2D eigenvalue weighted by molar-refractivity contribution is -0.126. The van der Waals surface area contributed by atoms with Gasteiger partial charge in [-0.15, -0.1) is 0 Å². The number of carbonyl (C=O) groups excluding carboxylic acids is 2. The molecule has 0 aromatic heterocycles. The summed E-state index contributed by atoms with van der Waals surface area (Å²) >= 11 is 0. The molecule has 0 aliphatic carbocycles. The number of allylic oxidation sites excluding steroid dienone is 12. The van der Waals surface area contributed by atoms with Gasteiger partial charge in [-0.25, -0.2) is 0 Å². The molecule has 0 aliphatic heterocycles. The van der Waals surface area contributed by atoms with Crippen LogP contribution in [0.5, 0.6) is 5.75 Å². The quantitative estimate of drug-likeness (QED) is 0.118. The molecule has 2 aromatic rings. The molecule has 2 amide bonds. The van der Waals surface area contributed by atoms with Crippen LogP contribution in [0.3, 0.4) is 0 Å². The first-order chi connectivity index (χ1) is 20.6.